The van der Waals surface area contributed by atoms with E-state index < -0.39 is 43.2 Å². The number of nitrogens with one attached hydrogen (secondary N) is 1. The SMILES string of the molecule is CC(C)(C)CC(=O)CCC(=O)NC1[C@H](O)OC(CO)[C@@H](O)[C@@H]1O. The lowest BCUT2D eigenvalue weighted by atomic mass is 9.89. The molecule has 8 heteroatoms. The summed E-state index contributed by atoms with van der Waals surface area (Å²) in [5, 5.41) is 40.7. The minimum Gasteiger partial charge on any atom is -0.394 e. The molecule has 0 aromatic heterocycles. The van der Waals surface area contributed by atoms with Crippen LogP contribution in [0.4, 0.5) is 0 Å². The predicted octanol–water partition coefficient (Wildman–Crippen LogP) is -1.31. The van der Waals surface area contributed by atoms with E-state index in [1.807, 2.05) is 20.8 Å². The molecule has 0 radical (unpaired) electrons. The quantitative estimate of drug-likeness (QED) is 0.407. The Kier molecular flexibility index (Phi) is 7.09. The third kappa shape index (κ3) is 6.15. The van der Waals surface area contributed by atoms with E-state index in [2.05, 4.69) is 5.32 Å². The van der Waals surface area contributed by atoms with E-state index in [0.717, 1.165) is 0 Å². The van der Waals surface area contributed by atoms with Gasteiger partial charge in [0.25, 0.3) is 0 Å². The summed E-state index contributed by atoms with van der Waals surface area (Å²) in [6.07, 6.45) is -5.26. The molecule has 0 saturated carbocycles. The second kappa shape index (κ2) is 8.16. The number of Topliss-reactive ketones (excluding diaryl/α,β-unsaturated/α-hetero) is 1. The van der Waals surface area contributed by atoms with Gasteiger partial charge in [0, 0.05) is 19.3 Å². The van der Waals surface area contributed by atoms with Crippen LogP contribution >= 0.6 is 0 Å². The summed E-state index contributed by atoms with van der Waals surface area (Å²) in [4.78, 5) is 23.6. The van der Waals surface area contributed by atoms with Crippen molar-refractivity contribution in [1.29, 1.82) is 0 Å². The van der Waals surface area contributed by atoms with Crippen LogP contribution in [0.3, 0.4) is 0 Å². The molecule has 0 aromatic carbocycles. The van der Waals surface area contributed by atoms with Crippen LogP contribution in [0.25, 0.3) is 0 Å². The first kappa shape index (κ1) is 20.0. The minimum atomic E-state index is -1.56. The van der Waals surface area contributed by atoms with Crippen molar-refractivity contribution in [2.45, 2.75) is 70.7 Å². The fourth-order valence-electron chi connectivity index (χ4n) is 2.44. The van der Waals surface area contributed by atoms with Crippen molar-refractivity contribution in [3.05, 3.63) is 0 Å². The highest BCUT2D eigenvalue weighted by Crippen LogP contribution is 2.21. The van der Waals surface area contributed by atoms with E-state index in [1.165, 1.54) is 0 Å². The van der Waals surface area contributed by atoms with Crippen LogP contribution in [0.5, 0.6) is 0 Å². The van der Waals surface area contributed by atoms with Crippen LogP contribution in [0, 0.1) is 5.41 Å². The Hall–Kier alpha value is -1.06. The molecule has 0 spiro atoms. The van der Waals surface area contributed by atoms with E-state index in [4.69, 9.17) is 9.84 Å². The molecular weight excluding hydrogens is 306 g/mol. The molecule has 0 bridgehead atoms. The molecule has 1 heterocycles. The third-order valence-electron chi connectivity index (χ3n) is 3.59. The fraction of sp³-hybridized carbons (Fsp3) is 0.867. The summed E-state index contributed by atoms with van der Waals surface area (Å²) < 4.78 is 4.94. The molecule has 5 atom stereocenters. The molecule has 8 nitrogen and oxygen atoms in total. The second-order valence-corrected chi connectivity index (χ2v) is 7.10. The number of carbonyl (C=O) groups is 2. The first-order valence-corrected chi connectivity index (χ1v) is 7.66. The maximum Gasteiger partial charge on any atom is 0.220 e. The number of ether oxygens (including phenoxy) is 1. The maximum absolute atomic E-state index is 11.9. The van der Waals surface area contributed by atoms with Gasteiger partial charge in [0.15, 0.2) is 6.29 Å². The van der Waals surface area contributed by atoms with Gasteiger partial charge in [-0.2, -0.15) is 0 Å². The zero-order chi connectivity index (χ0) is 17.8. The molecule has 5 N–H and O–H groups in total. The van der Waals surface area contributed by atoms with Gasteiger partial charge in [-0.25, -0.2) is 0 Å². The molecule has 134 valence electrons. The van der Waals surface area contributed by atoms with Gasteiger partial charge in [-0.15, -0.1) is 0 Å². The number of carbonyl (C=O) groups excluding carboxylic acids is 2. The number of aliphatic hydroxyl groups excluding tert-OH is 4. The van der Waals surface area contributed by atoms with E-state index in [9.17, 15) is 24.9 Å². The molecule has 1 saturated heterocycles. The number of hydrogen-bond donors (Lipinski definition) is 5. The number of ketones is 1. The van der Waals surface area contributed by atoms with Gasteiger partial charge in [-0.3, -0.25) is 9.59 Å². The predicted molar refractivity (Wildman–Crippen MR) is 80.2 cm³/mol. The Morgan fingerprint density at radius 1 is 1.09 bits per heavy atom. The molecule has 1 rings (SSSR count). The third-order valence-corrected chi connectivity index (χ3v) is 3.59. The zero-order valence-electron chi connectivity index (χ0n) is 13.7. The van der Waals surface area contributed by atoms with Gasteiger partial charge in [-0.1, -0.05) is 20.8 Å². The molecule has 1 fully saturated rings. The Labute approximate surface area is 135 Å². The Morgan fingerprint density at radius 3 is 2.22 bits per heavy atom. The van der Waals surface area contributed by atoms with Gasteiger partial charge < -0.3 is 30.5 Å². The lowest BCUT2D eigenvalue weighted by Gasteiger charge is -2.40. The maximum atomic E-state index is 11.9. The van der Waals surface area contributed by atoms with Crippen molar-refractivity contribution in [1.82, 2.24) is 5.32 Å². The van der Waals surface area contributed by atoms with Crippen molar-refractivity contribution in [2.75, 3.05) is 6.61 Å². The van der Waals surface area contributed by atoms with Crippen LogP contribution in [-0.4, -0.2) is 69.4 Å². The van der Waals surface area contributed by atoms with Crippen LogP contribution in [0.1, 0.15) is 40.0 Å². The lowest BCUT2D eigenvalue weighted by Crippen LogP contribution is -2.64. The van der Waals surface area contributed by atoms with Gasteiger partial charge in [-0.05, 0) is 5.41 Å². The molecule has 1 aliphatic rings. The Bertz CT molecular complexity index is 421. The summed E-state index contributed by atoms with van der Waals surface area (Å²) in [5.41, 5.74) is -0.152. The van der Waals surface area contributed by atoms with E-state index >= 15 is 0 Å². The Morgan fingerprint density at radius 2 is 1.70 bits per heavy atom. The standard InChI is InChI=1S/C15H27NO7/c1-15(2,3)6-8(18)4-5-10(19)16-11-13(21)12(20)9(7-17)23-14(11)22/h9,11-14,17,20-22H,4-7H2,1-3H3,(H,16,19)/t9?,11?,12-,13-,14-/m1/s1. The number of aliphatic hydroxyl groups is 4. The van der Waals surface area contributed by atoms with Gasteiger partial charge in [0.2, 0.25) is 5.91 Å². The highest BCUT2D eigenvalue weighted by molar-refractivity contribution is 5.85. The van der Waals surface area contributed by atoms with Crippen molar-refractivity contribution in [3.63, 3.8) is 0 Å². The molecule has 23 heavy (non-hydrogen) atoms. The van der Waals surface area contributed by atoms with Crippen molar-refractivity contribution in [2.24, 2.45) is 5.41 Å². The number of amides is 1. The van der Waals surface area contributed by atoms with Crippen LogP contribution in [-0.2, 0) is 14.3 Å². The smallest absolute Gasteiger partial charge is 0.220 e. The summed E-state index contributed by atoms with van der Waals surface area (Å²) in [6, 6.07) is -1.22. The largest absolute Gasteiger partial charge is 0.394 e. The number of hydrogen-bond acceptors (Lipinski definition) is 7. The van der Waals surface area contributed by atoms with E-state index in [-0.39, 0.29) is 24.0 Å². The summed E-state index contributed by atoms with van der Waals surface area (Å²) in [6.45, 7) is 5.21. The van der Waals surface area contributed by atoms with Gasteiger partial charge >= 0.3 is 0 Å². The Balaban J connectivity index is 2.49. The van der Waals surface area contributed by atoms with Crippen molar-refractivity contribution < 1.29 is 34.8 Å². The molecule has 0 aliphatic carbocycles. The molecular formula is C15H27NO7. The van der Waals surface area contributed by atoms with Crippen molar-refractivity contribution >= 4 is 11.7 Å². The highest BCUT2D eigenvalue weighted by Gasteiger charge is 2.44. The monoisotopic (exact) mass is 333 g/mol. The van der Waals surface area contributed by atoms with Crippen LogP contribution < -0.4 is 5.32 Å². The second-order valence-electron chi connectivity index (χ2n) is 7.10. The van der Waals surface area contributed by atoms with Gasteiger partial charge in [0.05, 0.1) is 6.61 Å². The lowest BCUT2D eigenvalue weighted by molar-refractivity contribution is -0.253. The first-order valence-electron chi connectivity index (χ1n) is 7.66. The van der Waals surface area contributed by atoms with Crippen LogP contribution in [0.15, 0.2) is 0 Å². The van der Waals surface area contributed by atoms with E-state index in [0.29, 0.717) is 6.42 Å². The van der Waals surface area contributed by atoms with Crippen LogP contribution in [0.2, 0.25) is 0 Å². The summed E-state index contributed by atoms with van der Waals surface area (Å²) in [7, 11) is 0. The molecule has 1 amide bonds. The van der Waals surface area contributed by atoms with E-state index in [1.54, 1.807) is 0 Å². The normalized spacial score (nSPS) is 31.7. The topological polar surface area (TPSA) is 136 Å². The fourth-order valence-corrected chi connectivity index (χ4v) is 2.44. The summed E-state index contributed by atoms with van der Waals surface area (Å²) in [5.74, 6) is -0.581. The molecule has 0 aromatic rings. The van der Waals surface area contributed by atoms with Gasteiger partial charge in [0.1, 0.15) is 30.1 Å². The van der Waals surface area contributed by atoms with Crippen molar-refractivity contribution in [3.8, 4) is 0 Å². The highest BCUT2D eigenvalue weighted by atomic mass is 16.6. The number of rotatable bonds is 6. The molecule has 1 aliphatic heterocycles. The first-order chi connectivity index (χ1) is 10.5. The molecule has 2 unspecified atom stereocenters. The summed E-state index contributed by atoms with van der Waals surface area (Å²) >= 11 is 0. The average Bonchev–Trinajstić information content (AvgIpc) is 2.43. The average molecular weight is 333 g/mol. The minimum absolute atomic E-state index is 0.0472. The zero-order valence-corrected chi connectivity index (χ0v) is 13.7.